The molecule has 2 aromatic rings. The number of aromatic nitrogens is 1. The van der Waals surface area contributed by atoms with Gasteiger partial charge in [0.1, 0.15) is 0 Å². The van der Waals surface area contributed by atoms with Crippen molar-refractivity contribution in [2.24, 2.45) is 17.6 Å². The van der Waals surface area contributed by atoms with Gasteiger partial charge in [-0.25, -0.2) is 0 Å². The van der Waals surface area contributed by atoms with Crippen LogP contribution < -0.4 is 11.1 Å². The lowest BCUT2D eigenvalue weighted by atomic mass is 9.96. The first-order valence-corrected chi connectivity index (χ1v) is 7.18. The Balaban J connectivity index is 1.83. The quantitative estimate of drug-likeness (QED) is 0.669. The molecular weight excluding hydrogens is 234 g/mol. The highest BCUT2D eigenvalue weighted by molar-refractivity contribution is 5.83. The van der Waals surface area contributed by atoms with Gasteiger partial charge in [0.25, 0.3) is 0 Å². The minimum Gasteiger partial charge on any atom is -0.361 e. The average Bonchev–Trinajstić information content (AvgIpc) is 2.82. The summed E-state index contributed by atoms with van der Waals surface area (Å²) < 4.78 is 0. The maximum Gasteiger partial charge on any atom is 0.0456 e. The lowest BCUT2D eigenvalue weighted by molar-refractivity contribution is 0.372. The molecule has 1 aromatic carbocycles. The maximum atomic E-state index is 5.78. The number of fused-ring (bicyclic) bond motifs is 1. The standard InChI is InChI=1S/C16H25N3/c1-12(2)14(9-17)10-18-8-7-13-11-19-16-6-4-3-5-15(13)16/h3-6,11-12,14,18-19H,7-10,17H2,1-2H3. The molecule has 0 amide bonds. The zero-order valence-corrected chi connectivity index (χ0v) is 11.9. The number of para-hydroxylation sites is 1. The molecule has 104 valence electrons. The molecule has 1 aromatic heterocycles. The minimum atomic E-state index is 0.572. The van der Waals surface area contributed by atoms with Gasteiger partial charge in [0.15, 0.2) is 0 Å². The predicted molar refractivity (Wildman–Crippen MR) is 82.3 cm³/mol. The molecule has 0 aliphatic heterocycles. The highest BCUT2D eigenvalue weighted by Crippen LogP contribution is 2.17. The number of hydrogen-bond acceptors (Lipinski definition) is 2. The Hall–Kier alpha value is -1.32. The molecule has 0 bridgehead atoms. The molecule has 0 radical (unpaired) electrons. The third kappa shape index (κ3) is 3.58. The van der Waals surface area contributed by atoms with Crippen molar-refractivity contribution < 1.29 is 0 Å². The van der Waals surface area contributed by atoms with Crippen LogP contribution in [0.1, 0.15) is 19.4 Å². The van der Waals surface area contributed by atoms with Crippen LogP contribution >= 0.6 is 0 Å². The number of aromatic amines is 1. The van der Waals surface area contributed by atoms with Gasteiger partial charge in [0, 0.05) is 17.1 Å². The van der Waals surface area contributed by atoms with Crippen LogP contribution in [0.5, 0.6) is 0 Å². The Morgan fingerprint density at radius 3 is 2.79 bits per heavy atom. The molecule has 0 saturated carbocycles. The van der Waals surface area contributed by atoms with E-state index in [2.05, 4.69) is 54.6 Å². The van der Waals surface area contributed by atoms with E-state index in [1.807, 2.05) is 0 Å². The molecule has 19 heavy (non-hydrogen) atoms. The largest absolute Gasteiger partial charge is 0.361 e. The number of rotatable bonds is 7. The summed E-state index contributed by atoms with van der Waals surface area (Å²) in [5.41, 5.74) is 8.39. The smallest absolute Gasteiger partial charge is 0.0456 e. The van der Waals surface area contributed by atoms with Crippen LogP contribution in [0.4, 0.5) is 0 Å². The van der Waals surface area contributed by atoms with Gasteiger partial charge >= 0.3 is 0 Å². The SMILES string of the molecule is CC(C)C(CN)CNCCc1c[nH]c2ccccc12. The topological polar surface area (TPSA) is 53.8 Å². The van der Waals surface area contributed by atoms with Crippen LogP contribution in [0.25, 0.3) is 10.9 Å². The minimum absolute atomic E-state index is 0.572. The van der Waals surface area contributed by atoms with E-state index >= 15 is 0 Å². The van der Waals surface area contributed by atoms with Gasteiger partial charge in [-0.15, -0.1) is 0 Å². The van der Waals surface area contributed by atoms with Gasteiger partial charge in [0.2, 0.25) is 0 Å². The normalized spacial score (nSPS) is 13.3. The molecule has 0 aliphatic carbocycles. The van der Waals surface area contributed by atoms with E-state index in [4.69, 9.17) is 5.73 Å². The van der Waals surface area contributed by atoms with Crippen molar-refractivity contribution in [3.05, 3.63) is 36.0 Å². The highest BCUT2D eigenvalue weighted by Gasteiger charge is 2.10. The van der Waals surface area contributed by atoms with Crippen molar-refractivity contribution in [1.29, 1.82) is 0 Å². The van der Waals surface area contributed by atoms with Crippen LogP contribution in [0.15, 0.2) is 30.5 Å². The first-order chi connectivity index (χ1) is 9.22. The van der Waals surface area contributed by atoms with Gasteiger partial charge in [-0.3, -0.25) is 0 Å². The number of nitrogens with two attached hydrogens (primary N) is 1. The zero-order chi connectivity index (χ0) is 13.7. The number of benzene rings is 1. The van der Waals surface area contributed by atoms with Gasteiger partial charge in [0.05, 0.1) is 0 Å². The van der Waals surface area contributed by atoms with E-state index in [-0.39, 0.29) is 0 Å². The van der Waals surface area contributed by atoms with Gasteiger partial charge in [-0.2, -0.15) is 0 Å². The predicted octanol–water partition coefficient (Wildman–Crippen LogP) is 2.53. The van der Waals surface area contributed by atoms with Crippen LogP contribution in [0.3, 0.4) is 0 Å². The molecule has 1 unspecified atom stereocenters. The molecule has 2 rings (SSSR count). The second-order valence-corrected chi connectivity index (χ2v) is 5.55. The highest BCUT2D eigenvalue weighted by atomic mass is 14.9. The molecule has 0 saturated heterocycles. The monoisotopic (exact) mass is 259 g/mol. The van der Waals surface area contributed by atoms with Gasteiger partial charge < -0.3 is 16.0 Å². The lowest BCUT2D eigenvalue weighted by Crippen LogP contribution is -2.32. The number of hydrogen-bond donors (Lipinski definition) is 3. The molecule has 4 N–H and O–H groups in total. The third-order valence-corrected chi connectivity index (χ3v) is 3.90. The molecule has 0 spiro atoms. The molecule has 0 aliphatic rings. The summed E-state index contributed by atoms with van der Waals surface area (Å²) in [7, 11) is 0. The fourth-order valence-electron chi connectivity index (χ4n) is 2.44. The Morgan fingerprint density at radius 2 is 2.05 bits per heavy atom. The molecule has 1 atom stereocenters. The lowest BCUT2D eigenvalue weighted by Gasteiger charge is -2.19. The van der Waals surface area contributed by atoms with Crippen molar-refractivity contribution >= 4 is 10.9 Å². The third-order valence-electron chi connectivity index (χ3n) is 3.90. The second-order valence-electron chi connectivity index (χ2n) is 5.55. The van der Waals surface area contributed by atoms with Crippen LogP contribution in [0.2, 0.25) is 0 Å². The fraction of sp³-hybridized carbons (Fsp3) is 0.500. The van der Waals surface area contributed by atoms with Crippen LogP contribution in [-0.2, 0) is 6.42 Å². The van der Waals surface area contributed by atoms with Gasteiger partial charge in [-0.1, -0.05) is 32.0 Å². The Labute approximate surface area is 115 Å². The second kappa shape index (κ2) is 6.73. The molecule has 1 heterocycles. The average molecular weight is 259 g/mol. The Kier molecular flexibility index (Phi) is 5.00. The summed E-state index contributed by atoms with van der Waals surface area (Å²) in [5, 5.41) is 4.86. The van der Waals surface area contributed by atoms with Crippen molar-refractivity contribution in [2.45, 2.75) is 20.3 Å². The van der Waals surface area contributed by atoms with Crippen molar-refractivity contribution in [1.82, 2.24) is 10.3 Å². The first kappa shape index (κ1) is 14.1. The molecule has 3 heteroatoms. The summed E-state index contributed by atoms with van der Waals surface area (Å²) in [6.45, 7) is 7.25. The van der Waals surface area contributed by atoms with Gasteiger partial charge in [-0.05, 0) is 49.5 Å². The molecular formula is C16H25N3. The van der Waals surface area contributed by atoms with Crippen molar-refractivity contribution in [3.63, 3.8) is 0 Å². The summed E-state index contributed by atoms with van der Waals surface area (Å²) in [6.07, 6.45) is 3.18. The zero-order valence-electron chi connectivity index (χ0n) is 11.9. The summed E-state index contributed by atoms with van der Waals surface area (Å²) in [5.74, 6) is 1.22. The summed E-state index contributed by atoms with van der Waals surface area (Å²) in [4.78, 5) is 3.32. The Morgan fingerprint density at radius 1 is 1.26 bits per heavy atom. The van der Waals surface area contributed by atoms with Crippen molar-refractivity contribution in [2.75, 3.05) is 19.6 Å². The van der Waals surface area contributed by atoms with E-state index in [9.17, 15) is 0 Å². The van der Waals surface area contributed by atoms with E-state index < -0.39 is 0 Å². The molecule has 0 fully saturated rings. The van der Waals surface area contributed by atoms with E-state index in [1.165, 1.54) is 16.5 Å². The summed E-state index contributed by atoms with van der Waals surface area (Å²) in [6, 6.07) is 8.46. The van der Waals surface area contributed by atoms with Crippen LogP contribution in [0, 0.1) is 11.8 Å². The van der Waals surface area contributed by atoms with E-state index in [0.717, 1.165) is 26.1 Å². The fourth-order valence-corrected chi connectivity index (χ4v) is 2.44. The van der Waals surface area contributed by atoms with E-state index in [1.54, 1.807) is 0 Å². The van der Waals surface area contributed by atoms with E-state index in [0.29, 0.717) is 11.8 Å². The molecule has 3 nitrogen and oxygen atoms in total. The Bertz CT molecular complexity index is 501. The summed E-state index contributed by atoms with van der Waals surface area (Å²) >= 11 is 0. The number of nitrogens with one attached hydrogen (secondary N) is 2. The van der Waals surface area contributed by atoms with Crippen LogP contribution in [-0.4, -0.2) is 24.6 Å². The maximum absolute atomic E-state index is 5.78. The first-order valence-electron chi connectivity index (χ1n) is 7.18. The number of H-pyrrole nitrogens is 1. The van der Waals surface area contributed by atoms with Crippen molar-refractivity contribution in [3.8, 4) is 0 Å².